The predicted octanol–water partition coefficient (Wildman–Crippen LogP) is 1.71. The van der Waals surface area contributed by atoms with Crippen molar-refractivity contribution in [3.63, 3.8) is 0 Å². The predicted molar refractivity (Wildman–Crippen MR) is 50.0 cm³/mol. The molecule has 0 spiro atoms. The number of Topliss-reactive ketones (excluding diaryl/α,β-unsaturated/α-hetero) is 1. The number of rotatable bonds is 2. The van der Waals surface area contributed by atoms with Crippen molar-refractivity contribution in [1.82, 2.24) is 0 Å². The molecule has 0 atom stereocenters. The summed E-state index contributed by atoms with van der Waals surface area (Å²) in [4.78, 5) is 10.8. The summed E-state index contributed by atoms with van der Waals surface area (Å²) < 4.78 is 0. The van der Waals surface area contributed by atoms with Gasteiger partial charge in [0, 0.05) is 12.1 Å². The van der Waals surface area contributed by atoms with Gasteiger partial charge in [-0.05, 0) is 37.1 Å². The van der Waals surface area contributed by atoms with Crippen LogP contribution in [0.4, 0.5) is 5.69 Å². The van der Waals surface area contributed by atoms with Gasteiger partial charge in [-0.25, -0.2) is 0 Å². The number of nitrogen functional groups attached to an aromatic ring is 1. The Labute approximate surface area is 72.4 Å². The zero-order chi connectivity index (χ0) is 9.14. The number of ketones is 1. The number of hydrogen-bond donors (Lipinski definition) is 1. The number of carbonyl (C=O) groups excluding carboxylic acids is 1. The number of benzene rings is 1. The van der Waals surface area contributed by atoms with Crippen LogP contribution in [0.3, 0.4) is 0 Å². The fraction of sp³-hybridized carbons (Fsp3) is 0.300. The molecule has 0 radical (unpaired) electrons. The van der Waals surface area contributed by atoms with Crippen molar-refractivity contribution >= 4 is 11.5 Å². The van der Waals surface area contributed by atoms with E-state index < -0.39 is 0 Å². The van der Waals surface area contributed by atoms with Gasteiger partial charge < -0.3 is 5.73 Å². The Morgan fingerprint density at radius 2 is 2.17 bits per heavy atom. The lowest BCUT2D eigenvalue weighted by Crippen LogP contribution is -1.99. The van der Waals surface area contributed by atoms with E-state index in [1.807, 2.05) is 25.1 Å². The minimum Gasteiger partial charge on any atom is -0.399 e. The number of hydrogen-bond acceptors (Lipinski definition) is 2. The summed E-state index contributed by atoms with van der Waals surface area (Å²) in [6, 6.07) is 5.64. The number of carbonyl (C=O) groups is 1. The Balaban J connectivity index is 2.97. The molecule has 0 heterocycles. The zero-order valence-corrected chi connectivity index (χ0v) is 7.42. The normalized spacial score (nSPS) is 9.83. The van der Waals surface area contributed by atoms with E-state index in [0.717, 1.165) is 16.8 Å². The van der Waals surface area contributed by atoms with Gasteiger partial charge in [-0.1, -0.05) is 6.07 Å². The third-order valence-corrected chi connectivity index (χ3v) is 1.81. The highest BCUT2D eigenvalue weighted by Crippen LogP contribution is 2.13. The SMILES string of the molecule is CC(=O)Cc1cc(N)ccc1C. The Morgan fingerprint density at radius 1 is 1.50 bits per heavy atom. The minimum absolute atomic E-state index is 0.170. The van der Waals surface area contributed by atoms with Crippen LogP contribution >= 0.6 is 0 Å². The van der Waals surface area contributed by atoms with Gasteiger partial charge in [-0.2, -0.15) is 0 Å². The molecule has 12 heavy (non-hydrogen) atoms. The van der Waals surface area contributed by atoms with Gasteiger partial charge in [-0.15, -0.1) is 0 Å². The van der Waals surface area contributed by atoms with Crippen LogP contribution in [-0.2, 0) is 11.2 Å². The van der Waals surface area contributed by atoms with Gasteiger partial charge in [0.1, 0.15) is 5.78 Å². The molecule has 0 unspecified atom stereocenters. The molecule has 2 heteroatoms. The molecule has 0 saturated heterocycles. The van der Waals surface area contributed by atoms with E-state index in [9.17, 15) is 4.79 Å². The molecule has 2 N–H and O–H groups in total. The second-order valence-electron chi connectivity index (χ2n) is 3.06. The van der Waals surface area contributed by atoms with E-state index in [1.165, 1.54) is 0 Å². The lowest BCUT2D eigenvalue weighted by Gasteiger charge is -2.03. The summed E-state index contributed by atoms with van der Waals surface area (Å²) >= 11 is 0. The van der Waals surface area contributed by atoms with Crippen LogP contribution in [0.1, 0.15) is 18.1 Å². The minimum atomic E-state index is 0.170. The van der Waals surface area contributed by atoms with Crippen LogP contribution in [0.25, 0.3) is 0 Å². The first kappa shape index (κ1) is 8.78. The second kappa shape index (κ2) is 3.39. The molecule has 0 bridgehead atoms. The van der Waals surface area contributed by atoms with E-state index in [1.54, 1.807) is 6.92 Å². The van der Waals surface area contributed by atoms with Crippen LogP contribution < -0.4 is 5.73 Å². The standard InChI is InChI=1S/C10H13NO/c1-7-3-4-10(11)6-9(7)5-8(2)12/h3-4,6H,5,11H2,1-2H3. The average Bonchev–Trinajstić information content (AvgIpc) is 1.96. The van der Waals surface area contributed by atoms with Crippen LogP contribution in [0.5, 0.6) is 0 Å². The maximum Gasteiger partial charge on any atom is 0.134 e. The second-order valence-corrected chi connectivity index (χ2v) is 3.06. The average molecular weight is 163 g/mol. The summed E-state index contributed by atoms with van der Waals surface area (Å²) in [7, 11) is 0. The monoisotopic (exact) mass is 163 g/mol. The summed E-state index contributed by atoms with van der Waals surface area (Å²) in [5.74, 6) is 0.170. The van der Waals surface area contributed by atoms with Gasteiger partial charge in [0.15, 0.2) is 0 Å². The molecule has 0 aliphatic rings. The molecular formula is C10H13NO. The first-order chi connectivity index (χ1) is 5.59. The van der Waals surface area contributed by atoms with Gasteiger partial charge in [-0.3, -0.25) is 4.79 Å². The lowest BCUT2D eigenvalue weighted by molar-refractivity contribution is -0.116. The highest BCUT2D eigenvalue weighted by Gasteiger charge is 2.01. The summed E-state index contributed by atoms with van der Waals surface area (Å²) in [5.41, 5.74) is 8.47. The van der Waals surface area contributed by atoms with Crippen molar-refractivity contribution < 1.29 is 4.79 Å². The van der Waals surface area contributed by atoms with Gasteiger partial charge in [0.2, 0.25) is 0 Å². The van der Waals surface area contributed by atoms with Crippen LogP contribution in [-0.4, -0.2) is 5.78 Å². The van der Waals surface area contributed by atoms with Crippen molar-refractivity contribution in [3.8, 4) is 0 Å². The Kier molecular flexibility index (Phi) is 2.48. The fourth-order valence-electron chi connectivity index (χ4n) is 1.15. The molecular weight excluding hydrogens is 150 g/mol. The topological polar surface area (TPSA) is 43.1 Å². The van der Waals surface area contributed by atoms with Crippen LogP contribution in [0.2, 0.25) is 0 Å². The van der Waals surface area contributed by atoms with Crippen LogP contribution in [0.15, 0.2) is 18.2 Å². The Bertz CT molecular complexity index is 305. The molecule has 0 aliphatic carbocycles. The van der Waals surface area contributed by atoms with Crippen molar-refractivity contribution in [2.75, 3.05) is 5.73 Å². The van der Waals surface area contributed by atoms with Crippen molar-refractivity contribution in [1.29, 1.82) is 0 Å². The summed E-state index contributed by atoms with van der Waals surface area (Å²) in [5, 5.41) is 0. The van der Waals surface area contributed by atoms with Crippen LogP contribution in [0, 0.1) is 6.92 Å². The van der Waals surface area contributed by atoms with E-state index in [0.29, 0.717) is 6.42 Å². The Hall–Kier alpha value is -1.31. The largest absolute Gasteiger partial charge is 0.399 e. The molecule has 0 aliphatic heterocycles. The molecule has 0 saturated carbocycles. The maximum absolute atomic E-state index is 10.8. The third-order valence-electron chi connectivity index (χ3n) is 1.81. The quantitative estimate of drug-likeness (QED) is 0.674. The molecule has 0 aromatic heterocycles. The number of aryl methyl sites for hydroxylation is 1. The van der Waals surface area contributed by atoms with Crippen molar-refractivity contribution in [3.05, 3.63) is 29.3 Å². The van der Waals surface area contributed by atoms with E-state index in [-0.39, 0.29) is 5.78 Å². The van der Waals surface area contributed by atoms with Gasteiger partial charge in [0.25, 0.3) is 0 Å². The molecule has 0 fully saturated rings. The molecule has 2 nitrogen and oxygen atoms in total. The molecule has 1 aromatic carbocycles. The first-order valence-electron chi connectivity index (χ1n) is 3.94. The number of anilines is 1. The maximum atomic E-state index is 10.8. The lowest BCUT2D eigenvalue weighted by atomic mass is 10.0. The molecule has 1 aromatic rings. The fourth-order valence-corrected chi connectivity index (χ4v) is 1.15. The van der Waals surface area contributed by atoms with Gasteiger partial charge in [0.05, 0.1) is 0 Å². The van der Waals surface area contributed by atoms with E-state index in [4.69, 9.17) is 5.73 Å². The molecule has 0 amide bonds. The van der Waals surface area contributed by atoms with Crippen molar-refractivity contribution in [2.45, 2.75) is 20.3 Å². The van der Waals surface area contributed by atoms with Crippen molar-refractivity contribution in [2.24, 2.45) is 0 Å². The molecule has 1 rings (SSSR count). The zero-order valence-electron chi connectivity index (χ0n) is 7.42. The van der Waals surface area contributed by atoms with Gasteiger partial charge >= 0.3 is 0 Å². The number of nitrogens with two attached hydrogens (primary N) is 1. The van der Waals surface area contributed by atoms with E-state index in [2.05, 4.69) is 0 Å². The third kappa shape index (κ3) is 2.09. The summed E-state index contributed by atoms with van der Waals surface area (Å²) in [6.45, 7) is 3.57. The summed E-state index contributed by atoms with van der Waals surface area (Å²) in [6.07, 6.45) is 0.483. The van der Waals surface area contributed by atoms with E-state index >= 15 is 0 Å². The first-order valence-corrected chi connectivity index (χ1v) is 3.94. The highest BCUT2D eigenvalue weighted by molar-refractivity contribution is 5.78. The molecule has 64 valence electrons. The Morgan fingerprint density at radius 3 is 2.75 bits per heavy atom. The smallest absolute Gasteiger partial charge is 0.134 e. The highest BCUT2D eigenvalue weighted by atomic mass is 16.1.